The number of carboxylic acid groups (broad SMARTS) is 1. The molecule has 0 aromatic heterocycles. The number of carbonyl (C=O) groups is 1. The molecule has 0 bridgehead atoms. The topological polar surface area (TPSA) is 46.5 Å². The van der Waals surface area contributed by atoms with Crippen molar-refractivity contribution in [3.63, 3.8) is 0 Å². The summed E-state index contributed by atoms with van der Waals surface area (Å²) in [7, 11) is 0. The summed E-state index contributed by atoms with van der Waals surface area (Å²) in [6, 6.07) is 0. The van der Waals surface area contributed by atoms with Crippen LogP contribution in [0.15, 0.2) is 11.6 Å². The smallest absolute Gasteiger partial charge is 0.330 e. The van der Waals surface area contributed by atoms with Gasteiger partial charge in [0, 0.05) is 11.5 Å². The van der Waals surface area contributed by atoms with E-state index in [4.69, 9.17) is 9.84 Å². The van der Waals surface area contributed by atoms with Crippen molar-refractivity contribution in [3.8, 4) is 0 Å². The van der Waals surface area contributed by atoms with Crippen LogP contribution in [0.3, 0.4) is 0 Å². The van der Waals surface area contributed by atoms with Gasteiger partial charge in [-0.2, -0.15) is 0 Å². The molecule has 1 rings (SSSR count). The Balaban J connectivity index is 2.27. The molecule has 0 amide bonds. The Bertz CT molecular complexity index is 245. The first-order valence-corrected chi connectivity index (χ1v) is 5.66. The maximum absolute atomic E-state index is 10.6. The van der Waals surface area contributed by atoms with Gasteiger partial charge in [-0.15, -0.1) is 0 Å². The van der Waals surface area contributed by atoms with Crippen molar-refractivity contribution >= 4 is 5.97 Å². The quantitative estimate of drug-likeness (QED) is 0.688. The maximum atomic E-state index is 10.6. The third-order valence-corrected chi connectivity index (χ3v) is 2.97. The van der Waals surface area contributed by atoms with E-state index in [1.807, 2.05) is 0 Å². The van der Waals surface area contributed by atoms with Gasteiger partial charge >= 0.3 is 5.97 Å². The highest BCUT2D eigenvalue weighted by atomic mass is 16.5. The molecule has 1 aliphatic heterocycles. The van der Waals surface area contributed by atoms with Crippen molar-refractivity contribution in [1.82, 2.24) is 0 Å². The van der Waals surface area contributed by atoms with Crippen LogP contribution in [0.4, 0.5) is 0 Å². The molecule has 15 heavy (non-hydrogen) atoms. The molecular formula is C12H20O3. The number of ether oxygens (including phenoxy) is 1. The van der Waals surface area contributed by atoms with Gasteiger partial charge in [0.15, 0.2) is 0 Å². The van der Waals surface area contributed by atoms with E-state index in [2.05, 4.69) is 6.92 Å². The summed E-state index contributed by atoms with van der Waals surface area (Å²) in [5.74, 6) is -0.192. The Morgan fingerprint density at radius 3 is 2.80 bits per heavy atom. The van der Waals surface area contributed by atoms with Crippen molar-refractivity contribution in [1.29, 1.82) is 0 Å². The zero-order chi connectivity index (χ0) is 11.3. The van der Waals surface area contributed by atoms with E-state index in [1.54, 1.807) is 13.0 Å². The Kier molecular flexibility index (Phi) is 4.82. The van der Waals surface area contributed by atoms with E-state index < -0.39 is 5.97 Å². The van der Waals surface area contributed by atoms with Crippen molar-refractivity contribution in [3.05, 3.63) is 11.6 Å². The maximum Gasteiger partial charge on any atom is 0.330 e. The van der Waals surface area contributed by atoms with Crippen LogP contribution >= 0.6 is 0 Å². The summed E-state index contributed by atoms with van der Waals surface area (Å²) in [5.41, 5.74) is 0.416. The summed E-state index contributed by atoms with van der Waals surface area (Å²) in [6.07, 6.45) is 6.43. The molecule has 0 aromatic rings. The second kappa shape index (κ2) is 5.91. The minimum atomic E-state index is -0.834. The van der Waals surface area contributed by atoms with Crippen LogP contribution in [0.1, 0.15) is 39.5 Å². The number of hydrogen-bond donors (Lipinski definition) is 1. The minimum Gasteiger partial charge on any atom is -0.478 e. The first kappa shape index (κ1) is 12.2. The molecule has 0 saturated carbocycles. The predicted molar refractivity (Wildman–Crippen MR) is 58.8 cm³/mol. The molecule has 0 aromatic carbocycles. The standard InChI is InChI=1S/C12H20O3/c1-3-4-5-10-8-15-11(10)7-6-9(2)12(13)14/h6,10-11H,3-5,7-8H2,1-2H3,(H,13,14). The highest BCUT2D eigenvalue weighted by Crippen LogP contribution is 2.28. The fraction of sp³-hybridized carbons (Fsp3) is 0.750. The SMILES string of the molecule is CCCCC1COC1CC=C(C)C(=O)O. The van der Waals surface area contributed by atoms with Gasteiger partial charge in [0.1, 0.15) is 0 Å². The fourth-order valence-electron chi connectivity index (χ4n) is 1.74. The molecule has 0 aliphatic carbocycles. The van der Waals surface area contributed by atoms with E-state index in [0.29, 0.717) is 11.5 Å². The molecule has 1 N–H and O–H groups in total. The number of aliphatic carboxylic acids is 1. The minimum absolute atomic E-state index is 0.255. The lowest BCUT2D eigenvalue weighted by Crippen LogP contribution is -2.39. The second-order valence-corrected chi connectivity index (χ2v) is 4.20. The Morgan fingerprint density at radius 2 is 2.33 bits per heavy atom. The van der Waals surface area contributed by atoms with Crippen LogP contribution in [0.5, 0.6) is 0 Å². The summed E-state index contributed by atoms with van der Waals surface area (Å²) in [6.45, 7) is 4.66. The van der Waals surface area contributed by atoms with Gasteiger partial charge < -0.3 is 9.84 Å². The molecule has 3 nitrogen and oxygen atoms in total. The van der Waals surface area contributed by atoms with Crippen molar-refractivity contribution in [2.24, 2.45) is 5.92 Å². The Labute approximate surface area is 91.1 Å². The highest BCUT2D eigenvalue weighted by molar-refractivity contribution is 5.85. The summed E-state index contributed by atoms with van der Waals surface area (Å²) < 4.78 is 5.43. The number of carboxylic acids is 1. The van der Waals surface area contributed by atoms with Crippen molar-refractivity contribution < 1.29 is 14.6 Å². The van der Waals surface area contributed by atoms with Gasteiger partial charge in [-0.1, -0.05) is 25.8 Å². The zero-order valence-electron chi connectivity index (χ0n) is 9.53. The van der Waals surface area contributed by atoms with Crippen LogP contribution in [0.2, 0.25) is 0 Å². The third-order valence-electron chi connectivity index (χ3n) is 2.97. The van der Waals surface area contributed by atoms with Gasteiger partial charge in [-0.05, 0) is 19.8 Å². The monoisotopic (exact) mass is 212 g/mol. The molecule has 1 fully saturated rings. The Morgan fingerprint density at radius 1 is 1.60 bits per heavy atom. The number of hydrogen-bond acceptors (Lipinski definition) is 2. The van der Waals surface area contributed by atoms with Crippen LogP contribution in [-0.2, 0) is 9.53 Å². The lowest BCUT2D eigenvalue weighted by Gasteiger charge is -2.36. The average Bonchev–Trinajstić information content (AvgIpc) is 2.16. The van der Waals surface area contributed by atoms with Crippen LogP contribution in [-0.4, -0.2) is 23.8 Å². The van der Waals surface area contributed by atoms with Crippen LogP contribution in [0, 0.1) is 5.92 Å². The zero-order valence-corrected chi connectivity index (χ0v) is 9.53. The number of unbranched alkanes of at least 4 members (excludes halogenated alkanes) is 1. The summed E-state index contributed by atoms with van der Waals surface area (Å²) >= 11 is 0. The molecule has 3 heteroatoms. The average molecular weight is 212 g/mol. The first-order chi connectivity index (χ1) is 7.15. The highest BCUT2D eigenvalue weighted by Gasteiger charge is 2.30. The first-order valence-electron chi connectivity index (χ1n) is 5.66. The lowest BCUT2D eigenvalue weighted by atomic mass is 9.90. The van der Waals surface area contributed by atoms with E-state index in [0.717, 1.165) is 13.0 Å². The van der Waals surface area contributed by atoms with Gasteiger partial charge in [-0.25, -0.2) is 4.79 Å². The van der Waals surface area contributed by atoms with E-state index in [9.17, 15) is 4.79 Å². The molecule has 0 spiro atoms. The van der Waals surface area contributed by atoms with E-state index in [-0.39, 0.29) is 6.10 Å². The van der Waals surface area contributed by atoms with E-state index >= 15 is 0 Å². The summed E-state index contributed by atoms with van der Waals surface area (Å²) in [4.78, 5) is 10.6. The molecule has 1 saturated heterocycles. The molecule has 0 radical (unpaired) electrons. The largest absolute Gasteiger partial charge is 0.478 e. The number of rotatable bonds is 6. The van der Waals surface area contributed by atoms with E-state index in [1.165, 1.54) is 19.3 Å². The molecule has 2 unspecified atom stereocenters. The van der Waals surface area contributed by atoms with Gasteiger partial charge in [0.2, 0.25) is 0 Å². The predicted octanol–water partition coefficient (Wildman–Crippen LogP) is 2.61. The van der Waals surface area contributed by atoms with Crippen LogP contribution < -0.4 is 0 Å². The second-order valence-electron chi connectivity index (χ2n) is 4.20. The lowest BCUT2D eigenvalue weighted by molar-refractivity contribution is -0.132. The molecule has 86 valence electrons. The fourth-order valence-corrected chi connectivity index (χ4v) is 1.74. The molecule has 1 heterocycles. The van der Waals surface area contributed by atoms with Gasteiger partial charge in [-0.3, -0.25) is 0 Å². The molecule has 1 aliphatic rings. The van der Waals surface area contributed by atoms with Gasteiger partial charge in [0.05, 0.1) is 12.7 Å². The normalized spacial score (nSPS) is 26.1. The Hall–Kier alpha value is -0.830. The van der Waals surface area contributed by atoms with Gasteiger partial charge in [0.25, 0.3) is 0 Å². The van der Waals surface area contributed by atoms with Crippen molar-refractivity contribution in [2.45, 2.75) is 45.6 Å². The van der Waals surface area contributed by atoms with Crippen LogP contribution in [0.25, 0.3) is 0 Å². The summed E-state index contributed by atoms with van der Waals surface area (Å²) in [5, 5.41) is 8.68. The van der Waals surface area contributed by atoms with Crippen molar-refractivity contribution in [2.75, 3.05) is 6.61 Å². The molecule has 2 atom stereocenters. The third kappa shape index (κ3) is 3.67. The molecular weight excluding hydrogens is 192 g/mol.